The van der Waals surface area contributed by atoms with Crippen LogP contribution >= 0.6 is 11.6 Å². The minimum absolute atomic E-state index is 0.0892. The average molecular weight is 332 g/mol. The first-order chi connectivity index (χ1) is 11.0. The number of nitrogens with one attached hydrogen (secondary N) is 1. The predicted octanol–water partition coefficient (Wildman–Crippen LogP) is 4.09. The first kappa shape index (κ1) is 15.2. The van der Waals surface area contributed by atoms with Crippen LogP contribution in [0.4, 0.5) is 10.1 Å². The van der Waals surface area contributed by atoms with E-state index in [1.807, 2.05) is 31.2 Å². The monoisotopic (exact) mass is 331 g/mol. The average Bonchev–Trinajstić information content (AvgIpc) is 3.02. The number of carbonyl (C=O) groups is 1. The molecule has 0 fully saturated rings. The molecular formula is C16H11ClFN3O2. The smallest absolute Gasteiger partial charge is 0.313 e. The first-order valence-electron chi connectivity index (χ1n) is 6.70. The summed E-state index contributed by atoms with van der Waals surface area (Å²) < 4.78 is 18.4. The summed E-state index contributed by atoms with van der Waals surface area (Å²) in [4.78, 5) is 12.1. The Morgan fingerprint density at radius 1 is 1.17 bits per heavy atom. The zero-order chi connectivity index (χ0) is 16.4. The Labute approximate surface area is 136 Å². The third-order valence-corrected chi connectivity index (χ3v) is 3.38. The molecule has 1 aromatic heterocycles. The fourth-order valence-corrected chi connectivity index (χ4v) is 2.07. The van der Waals surface area contributed by atoms with E-state index in [1.165, 1.54) is 12.1 Å². The molecular weight excluding hydrogens is 321 g/mol. The van der Waals surface area contributed by atoms with Crippen molar-refractivity contribution >= 4 is 23.2 Å². The lowest BCUT2D eigenvalue weighted by Gasteiger charge is -2.03. The van der Waals surface area contributed by atoms with E-state index in [4.69, 9.17) is 16.0 Å². The zero-order valence-electron chi connectivity index (χ0n) is 12.0. The number of hydrogen-bond donors (Lipinski definition) is 1. The molecule has 0 atom stereocenters. The fourth-order valence-electron chi connectivity index (χ4n) is 1.89. The molecule has 0 aliphatic heterocycles. The predicted molar refractivity (Wildman–Crippen MR) is 83.8 cm³/mol. The summed E-state index contributed by atoms with van der Waals surface area (Å²) in [6.45, 7) is 1.96. The molecule has 0 spiro atoms. The lowest BCUT2D eigenvalue weighted by Crippen LogP contribution is -2.12. The Kier molecular flexibility index (Phi) is 4.08. The van der Waals surface area contributed by atoms with Crippen molar-refractivity contribution in [1.29, 1.82) is 0 Å². The van der Waals surface area contributed by atoms with E-state index in [2.05, 4.69) is 15.5 Å². The Morgan fingerprint density at radius 3 is 2.61 bits per heavy atom. The number of nitrogens with zero attached hydrogens (tertiary/aromatic N) is 2. The zero-order valence-corrected chi connectivity index (χ0v) is 12.8. The van der Waals surface area contributed by atoms with Crippen molar-refractivity contribution in [2.45, 2.75) is 6.92 Å². The molecule has 5 nitrogen and oxygen atoms in total. The van der Waals surface area contributed by atoms with Crippen LogP contribution in [0.2, 0.25) is 5.02 Å². The van der Waals surface area contributed by atoms with Gasteiger partial charge in [0.15, 0.2) is 0 Å². The van der Waals surface area contributed by atoms with Crippen molar-refractivity contribution in [3.8, 4) is 11.5 Å². The van der Waals surface area contributed by atoms with E-state index in [0.717, 1.165) is 11.6 Å². The maximum absolute atomic E-state index is 13.1. The Hall–Kier alpha value is -2.73. The lowest BCUT2D eigenvalue weighted by atomic mass is 10.1. The van der Waals surface area contributed by atoms with E-state index in [1.54, 1.807) is 0 Å². The van der Waals surface area contributed by atoms with Gasteiger partial charge in [-0.3, -0.25) is 4.79 Å². The summed E-state index contributed by atoms with van der Waals surface area (Å²) in [5, 5.41) is 9.99. The number of aryl methyl sites for hydroxylation is 1. The molecule has 0 unspecified atom stereocenters. The van der Waals surface area contributed by atoms with Gasteiger partial charge in [-0.05, 0) is 37.3 Å². The number of carbonyl (C=O) groups excluding carboxylic acids is 1. The van der Waals surface area contributed by atoms with Gasteiger partial charge in [-0.1, -0.05) is 29.3 Å². The van der Waals surface area contributed by atoms with Crippen molar-refractivity contribution in [1.82, 2.24) is 10.2 Å². The Bertz CT molecular complexity index is 862. The fraction of sp³-hybridized carbons (Fsp3) is 0.0625. The van der Waals surface area contributed by atoms with Crippen LogP contribution in [0.25, 0.3) is 11.5 Å². The number of rotatable bonds is 3. The highest BCUT2D eigenvalue weighted by Gasteiger charge is 2.16. The van der Waals surface area contributed by atoms with Crippen molar-refractivity contribution in [2.75, 3.05) is 5.32 Å². The van der Waals surface area contributed by atoms with Gasteiger partial charge in [-0.25, -0.2) is 4.39 Å². The van der Waals surface area contributed by atoms with E-state index in [0.29, 0.717) is 11.3 Å². The van der Waals surface area contributed by atoms with Crippen LogP contribution in [-0.2, 0) is 0 Å². The van der Waals surface area contributed by atoms with E-state index in [-0.39, 0.29) is 16.8 Å². The molecule has 116 valence electrons. The second kappa shape index (κ2) is 6.18. The standard InChI is InChI=1S/C16H11ClFN3O2/c1-9-2-4-10(5-3-9)15-20-21-16(23-15)14(22)19-11-6-7-13(18)12(17)8-11/h2-8H,1H3,(H,19,22). The molecule has 0 aliphatic carbocycles. The second-order valence-corrected chi connectivity index (χ2v) is 5.27. The van der Waals surface area contributed by atoms with E-state index < -0.39 is 11.7 Å². The molecule has 3 aromatic rings. The van der Waals surface area contributed by atoms with Gasteiger partial charge in [0.2, 0.25) is 5.89 Å². The third kappa shape index (κ3) is 3.37. The molecule has 0 bridgehead atoms. The Balaban J connectivity index is 1.78. The molecule has 3 rings (SSSR count). The summed E-state index contributed by atoms with van der Waals surface area (Å²) in [6, 6.07) is 11.3. The van der Waals surface area contributed by atoms with Crippen LogP contribution in [0.15, 0.2) is 46.9 Å². The number of halogens is 2. The number of amides is 1. The van der Waals surface area contributed by atoms with Crippen LogP contribution in [0.5, 0.6) is 0 Å². The quantitative estimate of drug-likeness (QED) is 0.785. The van der Waals surface area contributed by atoms with Gasteiger partial charge in [-0.2, -0.15) is 0 Å². The SMILES string of the molecule is Cc1ccc(-c2nnc(C(=O)Nc3ccc(F)c(Cl)c3)o2)cc1. The number of hydrogen-bond acceptors (Lipinski definition) is 4. The molecule has 0 saturated heterocycles. The van der Waals surface area contributed by atoms with Crippen molar-refractivity contribution < 1.29 is 13.6 Å². The number of anilines is 1. The van der Waals surface area contributed by atoms with Gasteiger partial charge in [0.25, 0.3) is 0 Å². The lowest BCUT2D eigenvalue weighted by molar-refractivity contribution is 0.0991. The highest BCUT2D eigenvalue weighted by molar-refractivity contribution is 6.31. The minimum Gasteiger partial charge on any atom is -0.412 e. The first-order valence-corrected chi connectivity index (χ1v) is 7.07. The molecule has 1 heterocycles. The number of benzene rings is 2. The summed E-state index contributed by atoms with van der Waals surface area (Å²) in [7, 11) is 0. The van der Waals surface area contributed by atoms with Crippen molar-refractivity contribution in [3.05, 3.63) is 64.8 Å². The van der Waals surface area contributed by atoms with Crippen LogP contribution in [0.3, 0.4) is 0 Å². The molecule has 1 N–H and O–H groups in total. The molecule has 23 heavy (non-hydrogen) atoms. The molecule has 0 saturated carbocycles. The molecule has 2 aromatic carbocycles. The maximum atomic E-state index is 13.1. The Morgan fingerprint density at radius 2 is 1.91 bits per heavy atom. The van der Waals surface area contributed by atoms with Crippen molar-refractivity contribution in [3.63, 3.8) is 0 Å². The highest BCUT2D eigenvalue weighted by Crippen LogP contribution is 2.21. The summed E-state index contributed by atoms with van der Waals surface area (Å²) >= 11 is 5.66. The highest BCUT2D eigenvalue weighted by atomic mass is 35.5. The maximum Gasteiger partial charge on any atom is 0.313 e. The molecule has 1 amide bonds. The minimum atomic E-state index is -0.599. The molecule has 7 heteroatoms. The second-order valence-electron chi connectivity index (χ2n) is 4.86. The third-order valence-electron chi connectivity index (χ3n) is 3.10. The van der Waals surface area contributed by atoms with Crippen molar-refractivity contribution in [2.24, 2.45) is 0 Å². The normalized spacial score (nSPS) is 10.6. The van der Waals surface area contributed by atoms with Gasteiger partial charge < -0.3 is 9.73 Å². The van der Waals surface area contributed by atoms with Crippen LogP contribution in [0, 0.1) is 12.7 Å². The van der Waals surface area contributed by atoms with Crippen LogP contribution in [-0.4, -0.2) is 16.1 Å². The summed E-state index contributed by atoms with van der Waals surface area (Å²) in [5.41, 5.74) is 2.14. The van der Waals surface area contributed by atoms with Gasteiger partial charge in [0.1, 0.15) is 5.82 Å². The van der Waals surface area contributed by atoms with Gasteiger partial charge >= 0.3 is 11.8 Å². The van der Waals surface area contributed by atoms with E-state index in [9.17, 15) is 9.18 Å². The number of aromatic nitrogens is 2. The van der Waals surface area contributed by atoms with Gasteiger partial charge in [0.05, 0.1) is 5.02 Å². The topological polar surface area (TPSA) is 68.0 Å². The van der Waals surface area contributed by atoms with Crippen LogP contribution < -0.4 is 5.32 Å². The van der Waals surface area contributed by atoms with Gasteiger partial charge in [0, 0.05) is 11.3 Å². The summed E-state index contributed by atoms with van der Waals surface area (Å²) in [6.07, 6.45) is 0. The summed E-state index contributed by atoms with van der Waals surface area (Å²) in [5.74, 6) is -1.11. The molecule has 0 radical (unpaired) electrons. The molecule has 0 aliphatic rings. The van der Waals surface area contributed by atoms with Gasteiger partial charge in [-0.15, -0.1) is 10.2 Å². The largest absolute Gasteiger partial charge is 0.412 e. The van der Waals surface area contributed by atoms with Crippen LogP contribution in [0.1, 0.15) is 16.2 Å². The van der Waals surface area contributed by atoms with E-state index >= 15 is 0 Å².